The highest BCUT2D eigenvalue weighted by Crippen LogP contribution is 2.30. The maximum atomic E-state index is 12.7. The zero-order valence-electron chi connectivity index (χ0n) is 17.4. The van der Waals surface area contributed by atoms with E-state index in [0.717, 1.165) is 24.0 Å². The van der Waals surface area contributed by atoms with E-state index in [2.05, 4.69) is 5.32 Å². The summed E-state index contributed by atoms with van der Waals surface area (Å²) in [6.07, 6.45) is 4.65. The fourth-order valence-corrected chi connectivity index (χ4v) is 3.31. The minimum Gasteiger partial charge on any atom is -0.493 e. The number of amides is 2. The Morgan fingerprint density at radius 1 is 1.10 bits per heavy atom. The third-order valence-electron chi connectivity index (χ3n) is 4.95. The minimum atomic E-state index is -0.575. The van der Waals surface area contributed by atoms with Gasteiger partial charge in [-0.25, -0.2) is 0 Å². The summed E-state index contributed by atoms with van der Waals surface area (Å²) in [5.41, 5.74) is 6.38. The lowest BCUT2D eigenvalue weighted by Crippen LogP contribution is -2.44. The van der Waals surface area contributed by atoms with E-state index in [-0.39, 0.29) is 12.5 Å². The molecule has 0 atom stereocenters. The third-order valence-corrected chi connectivity index (χ3v) is 5.20. The number of hydrogen-bond acceptors (Lipinski definition) is 4. The van der Waals surface area contributed by atoms with Crippen LogP contribution in [0.5, 0.6) is 11.5 Å². The van der Waals surface area contributed by atoms with Crippen molar-refractivity contribution in [3.05, 3.63) is 64.7 Å². The molecule has 2 aromatic carbocycles. The molecule has 0 aromatic heterocycles. The lowest BCUT2D eigenvalue weighted by atomic mass is 9.84. The minimum absolute atomic E-state index is 0.207. The molecule has 2 amide bonds. The Labute approximate surface area is 182 Å². The third kappa shape index (κ3) is 6.00. The van der Waals surface area contributed by atoms with Crippen LogP contribution in [-0.4, -0.2) is 25.5 Å². The van der Waals surface area contributed by atoms with E-state index in [1.807, 2.05) is 38.1 Å². The Bertz CT molecular complexity index is 906. The molecule has 0 fully saturated rings. The van der Waals surface area contributed by atoms with Gasteiger partial charge in [-0.15, -0.1) is 0 Å². The number of ether oxygens (including phenoxy) is 2. The van der Waals surface area contributed by atoms with E-state index in [1.54, 1.807) is 24.3 Å². The van der Waals surface area contributed by atoms with Gasteiger partial charge >= 0.3 is 0 Å². The normalized spacial score (nSPS) is 11.3. The van der Waals surface area contributed by atoms with Crippen molar-refractivity contribution >= 4 is 29.5 Å². The van der Waals surface area contributed by atoms with Gasteiger partial charge in [0.05, 0.1) is 12.6 Å². The number of carbonyl (C=O) groups excluding carboxylic acids is 2. The number of rotatable bonds is 10. The van der Waals surface area contributed by atoms with Crippen LogP contribution >= 0.6 is 11.6 Å². The summed E-state index contributed by atoms with van der Waals surface area (Å²) < 4.78 is 10.6. The zero-order valence-corrected chi connectivity index (χ0v) is 18.2. The molecular weight excluding hydrogens is 404 g/mol. The lowest BCUT2D eigenvalue weighted by Gasteiger charge is -2.33. The predicted octanol–water partition coefficient (Wildman–Crippen LogP) is 4.06. The second-order valence-electron chi connectivity index (χ2n) is 6.78. The van der Waals surface area contributed by atoms with E-state index < -0.39 is 11.4 Å². The fraction of sp³-hybridized carbons (Fsp3) is 0.304. The summed E-state index contributed by atoms with van der Waals surface area (Å²) in [6, 6.07) is 12.7. The first-order valence-corrected chi connectivity index (χ1v) is 10.1. The highest BCUT2D eigenvalue weighted by molar-refractivity contribution is 6.30. The maximum Gasteiger partial charge on any atom is 0.255 e. The number of methoxy groups -OCH3 is 1. The first-order valence-electron chi connectivity index (χ1n) is 9.69. The fourth-order valence-electron chi connectivity index (χ4n) is 3.18. The Hall–Kier alpha value is -2.99. The smallest absolute Gasteiger partial charge is 0.255 e. The summed E-state index contributed by atoms with van der Waals surface area (Å²) in [5.74, 6) is 0.0587. The molecule has 2 aromatic rings. The summed E-state index contributed by atoms with van der Waals surface area (Å²) in [6.45, 7) is 3.84. The molecule has 7 heteroatoms. The van der Waals surface area contributed by atoms with E-state index in [9.17, 15) is 9.59 Å². The van der Waals surface area contributed by atoms with Gasteiger partial charge in [0.2, 0.25) is 5.91 Å². The molecule has 0 bridgehead atoms. The second kappa shape index (κ2) is 10.7. The maximum absolute atomic E-state index is 12.7. The number of primary amides is 1. The first kappa shape index (κ1) is 23.3. The number of benzene rings is 2. The van der Waals surface area contributed by atoms with Crippen molar-refractivity contribution in [1.29, 1.82) is 0 Å². The molecular formula is C23H27ClN2O4. The average Bonchev–Trinajstić information content (AvgIpc) is 2.75. The topological polar surface area (TPSA) is 90.6 Å². The standard InChI is InChI=1S/C23H27ClN2O4/c1-4-23(5-2,17-8-10-18(24)11-9-17)26-22(28)13-7-16-6-12-19(20(14-16)29-3)30-15-21(25)27/h6-14H,4-5,15H2,1-3H3,(H2,25,27)(H,26,28)/b13-7+. The summed E-state index contributed by atoms with van der Waals surface area (Å²) in [5, 5.41) is 3.79. The van der Waals surface area contributed by atoms with Gasteiger partial charge in [0.25, 0.3) is 5.91 Å². The highest BCUT2D eigenvalue weighted by Gasteiger charge is 2.29. The molecule has 30 heavy (non-hydrogen) atoms. The number of nitrogens with one attached hydrogen (secondary N) is 1. The van der Waals surface area contributed by atoms with Gasteiger partial charge in [-0.2, -0.15) is 0 Å². The summed E-state index contributed by atoms with van der Waals surface area (Å²) >= 11 is 6.00. The zero-order chi connectivity index (χ0) is 22.1. The van der Waals surface area contributed by atoms with Gasteiger partial charge in [-0.05, 0) is 54.3 Å². The van der Waals surface area contributed by atoms with Gasteiger partial charge in [-0.3, -0.25) is 9.59 Å². The van der Waals surface area contributed by atoms with Crippen molar-refractivity contribution in [2.75, 3.05) is 13.7 Å². The lowest BCUT2D eigenvalue weighted by molar-refractivity contribution is -0.120. The van der Waals surface area contributed by atoms with E-state index >= 15 is 0 Å². The van der Waals surface area contributed by atoms with Crippen molar-refractivity contribution in [3.8, 4) is 11.5 Å². The Morgan fingerprint density at radius 3 is 2.33 bits per heavy atom. The number of halogens is 1. The molecule has 0 aliphatic heterocycles. The second-order valence-corrected chi connectivity index (χ2v) is 7.22. The highest BCUT2D eigenvalue weighted by atomic mass is 35.5. The molecule has 0 heterocycles. The summed E-state index contributed by atoms with van der Waals surface area (Å²) in [4.78, 5) is 23.6. The number of carbonyl (C=O) groups is 2. The van der Waals surface area contributed by atoms with Crippen LogP contribution in [0.2, 0.25) is 5.02 Å². The van der Waals surface area contributed by atoms with Gasteiger partial charge in [-0.1, -0.05) is 43.6 Å². The molecule has 3 N–H and O–H groups in total. The largest absolute Gasteiger partial charge is 0.493 e. The van der Waals surface area contributed by atoms with Crippen LogP contribution in [0.1, 0.15) is 37.8 Å². The van der Waals surface area contributed by atoms with Gasteiger partial charge in [0.15, 0.2) is 18.1 Å². The van der Waals surface area contributed by atoms with Crippen molar-refractivity contribution < 1.29 is 19.1 Å². The quantitative estimate of drug-likeness (QED) is 0.556. The van der Waals surface area contributed by atoms with Crippen LogP contribution in [0.3, 0.4) is 0 Å². The van der Waals surface area contributed by atoms with Crippen molar-refractivity contribution in [3.63, 3.8) is 0 Å². The number of hydrogen-bond donors (Lipinski definition) is 2. The molecule has 0 spiro atoms. The monoisotopic (exact) mass is 430 g/mol. The Morgan fingerprint density at radius 2 is 1.77 bits per heavy atom. The average molecular weight is 431 g/mol. The molecule has 6 nitrogen and oxygen atoms in total. The van der Waals surface area contributed by atoms with Gasteiger partial charge < -0.3 is 20.5 Å². The Kier molecular flexibility index (Phi) is 8.30. The van der Waals surface area contributed by atoms with E-state index in [1.165, 1.54) is 13.2 Å². The van der Waals surface area contributed by atoms with Gasteiger partial charge in [0.1, 0.15) is 0 Å². The molecule has 0 aliphatic carbocycles. The van der Waals surface area contributed by atoms with E-state index in [4.69, 9.17) is 26.8 Å². The molecule has 0 radical (unpaired) electrons. The van der Waals surface area contributed by atoms with Gasteiger partial charge in [0, 0.05) is 11.1 Å². The molecule has 0 aliphatic rings. The molecule has 160 valence electrons. The van der Waals surface area contributed by atoms with Crippen LogP contribution in [0, 0.1) is 0 Å². The SMILES string of the molecule is CCC(CC)(NC(=O)/C=C/c1ccc(OCC(N)=O)c(OC)c1)c1ccc(Cl)cc1. The van der Waals surface area contributed by atoms with Crippen LogP contribution < -0.4 is 20.5 Å². The van der Waals surface area contributed by atoms with Crippen LogP contribution in [0.25, 0.3) is 6.08 Å². The summed E-state index contributed by atoms with van der Waals surface area (Å²) in [7, 11) is 1.50. The number of nitrogens with two attached hydrogens (primary N) is 1. The Balaban J connectivity index is 2.15. The molecule has 0 unspecified atom stereocenters. The first-order chi connectivity index (χ1) is 14.3. The van der Waals surface area contributed by atoms with Crippen molar-refractivity contribution in [2.24, 2.45) is 5.73 Å². The van der Waals surface area contributed by atoms with Crippen LogP contribution in [0.15, 0.2) is 48.5 Å². The van der Waals surface area contributed by atoms with Crippen molar-refractivity contribution in [2.45, 2.75) is 32.2 Å². The van der Waals surface area contributed by atoms with Crippen LogP contribution in [-0.2, 0) is 15.1 Å². The molecule has 0 saturated heterocycles. The predicted molar refractivity (Wildman–Crippen MR) is 119 cm³/mol. The van der Waals surface area contributed by atoms with Crippen molar-refractivity contribution in [1.82, 2.24) is 5.32 Å². The van der Waals surface area contributed by atoms with Crippen LogP contribution in [0.4, 0.5) is 0 Å². The molecule has 0 saturated carbocycles. The van der Waals surface area contributed by atoms with E-state index in [0.29, 0.717) is 16.5 Å². The molecule has 2 rings (SSSR count).